The molecule has 3 rings (SSSR count). The van der Waals surface area contributed by atoms with Crippen LogP contribution in [0, 0.1) is 11.8 Å². The van der Waals surface area contributed by atoms with E-state index in [4.69, 9.17) is 0 Å². The molecule has 2 nitrogen and oxygen atoms in total. The maximum atomic E-state index is 12.2. The van der Waals surface area contributed by atoms with Gasteiger partial charge in [0, 0.05) is 13.1 Å². The van der Waals surface area contributed by atoms with Crippen LogP contribution in [0.2, 0.25) is 0 Å². The first-order valence-electron chi connectivity index (χ1n) is 5.78. The van der Waals surface area contributed by atoms with Gasteiger partial charge in [0.2, 0.25) is 0 Å². The van der Waals surface area contributed by atoms with E-state index in [0.717, 1.165) is 33.6 Å². The van der Waals surface area contributed by atoms with Crippen molar-refractivity contribution in [2.24, 2.45) is 11.8 Å². The van der Waals surface area contributed by atoms with E-state index >= 15 is 0 Å². The second-order valence-electron chi connectivity index (χ2n) is 4.76. The third-order valence-electron chi connectivity index (χ3n) is 3.80. The van der Waals surface area contributed by atoms with Crippen molar-refractivity contribution >= 4 is 33.2 Å². The summed E-state index contributed by atoms with van der Waals surface area (Å²) in [6.45, 7) is 1.97. The van der Waals surface area contributed by atoms with Crippen LogP contribution in [0.1, 0.15) is 28.9 Å². The number of hydrogen-bond donors (Lipinski definition) is 0. The number of halogens is 1. The highest BCUT2D eigenvalue weighted by molar-refractivity contribution is 9.11. The fourth-order valence-electron chi connectivity index (χ4n) is 2.99. The van der Waals surface area contributed by atoms with Gasteiger partial charge in [0.25, 0.3) is 5.91 Å². The highest BCUT2D eigenvalue weighted by Crippen LogP contribution is 2.38. The third-order valence-corrected chi connectivity index (χ3v) is 5.41. The molecule has 1 amide bonds. The topological polar surface area (TPSA) is 20.3 Å². The zero-order chi connectivity index (χ0) is 11.1. The van der Waals surface area contributed by atoms with Gasteiger partial charge >= 0.3 is 0 Å². The Labute approximate surface area is 108 Å². The predicted octanol–water partition coefficient (Wildman–Crippen LogP) is 3.38. The van der Waals surface area contributed by atoms with E-state index in [1.807, 2.05) is 17.0 Å². The molecule has 2 unspecified atom stereocenters. The van der Waals surface area contributed by atoms with Gasteiger partial charge in [-0.25, -0.2) is 0 Å². The molecule has 1 saturated carbocycles. The molecule has 1 aromatic rings. The van der Waals surface area contributed by atoms with Crippen LogP contribution >= 0.6 is 27.3 Å². The van der Waals surface area contributed by atoms with Crippen LogP contribution < -0.4 is 0 Å². The van der Waals surface area contributed by atoms with Crippen molar-refractivity contribution in [2.75, 3.05) is 13.1 Å². The van der Waals surface area contributed by atoms with Gasteiger partial charge in [-0.3, -0.25) is 4.79 Å². The van der Waals surface area contributed by atoms with E-state index in [9.17, 15) is 4.79 Å². The number of rotatable bonds is 1. The monoisotopic (exact) mass is 299 g/mol. The SMILES string of the molecule is O=C(c1ccc(Br)s1)N1CC2CCCC2C1. The molecule has 2 heterocycles. The lowest BCUT2D eigenvalue weighted by Gasteiger charge is -2.15. The second-order valence-corrected chi connectivity index (χ2v) is 7.23. The molecule has 16 heavy (non-hydrogen) atoms. The molecular formula is C12H14BrNOS. The summed E-state index contributed by atoms with van der Waals surface area (Å²) in [6.07, 6.45) is 4.01. The minimum atomic E-state index is 0.227. The van der Waals surface area contributed by atoms with Gasteiger partial charge in [-0.2, -0.15) is 0 Å². The summed E-state index contributed by atoms with van der Waals surface area (Å²) >= 11 is 4.94. The standard InChI is InChI=1S/C12H14BrNOS/c13-11-5-4-10(16-11)12(15)14-6-8-2-1-3-9(8)7-14/h4-5,8-9H,1-3,6-7H2. The average molecular weight is 300 g/mol. The molecule has 0 N–H and O–H groups in total. The van der Waals surface area contributed by atoms with Gasteiger partial charge < -0.3 is 4.90 Å². The number of nitrogens with zero attached hydrogens (tertiary/aromatic N) is 1. The Balaban J connectivity index is 1.73. The molecule has 1 aliphatic carbocycles. The number of amides is 1. The Morgan fingerprint density at radius 2 is 2.00 bits per heavy atom. The van der Waals surface area contributed by atoms with Crippen molar-refractivity contribution in [2.45, 2.75) is 19.3 Å². The van der Waals surface area contributed by atoms with Crippen LogP contribution in [-0.2, 0) is 0 Å². The van der Waals surface area contributed by atoms with Crippen LogP contribution in [0.5, 0.6) is 0 Å². The van der Waals surface area contributed by atoms with Crippen molar-refractivity contribution in [3.63, 3.8) is 0 Å². The first kappa shape index (κ1) is 10.8. The summed E-state index contributed by atoms with van der Waals surface area (Å²) in [5.41, 5.74) is 0. The smallest absolute Gasteiger partial charge is 0.263 e. The Morgan fingerprint density at radius 1 is 1.31 bits per heavy atom. The van der Waals surface area contributed by atoms with Crippen LogP contribution in [0.25, 0.3) is 0 Å². The number of thiophene rings is 1. The zero-order valence-electron chi connectivity index (χ0n) is 8.99. The minimum Gasteiger partial charge on any atom is -0.337 e. The van der Waals surface area contributed by atoms with E-state index < -0.39 is 0 Å². The van der Waals surface area contributed by atoms with Gasteiger partial charge in [-0.15, -0.1) is 11.3 Å². The third kappa shape index (κ3) is 1.82. The lowest BCUT2D eigenvalue weighted by atomic mass is 10.0. The summed E-state index contributed by atoms with van der Waals surface area (Å²) in [5.74, 6) is 1.80. The number of fused-ring (bicyclic) bond motifs is 1. The Kier molecular flexibility index (Phi) is 2.80. The van der Waals surface area contributed by atoms with E-state index in [0.29, 0.717) is 0 Å². The maximum Gasteiger partial charge on any atom is 0.263 e. The van der Waals surface area contributed by atoms with Gasteiger partial charge in [0.1, 0.15) is 0 Å². The zero-order valence-corrected chi connectivity index (χ0v) is 11.4. The lowest BCUT2D eigenvalue weighted by Crippen LogP contribution is -2.28. The first-order chi connectivity index (χ1) is 7.74. The molecule has 86 valence electrons. The summed E-state index contributed by atoms with van der Waals surface area (Å²) in [7, 11) is 0. The second kappa shape index (κ2) is 4.15. The van der Waals surface area contributed by atoms with Crippen molar-refractivity contribution in [3.8, 4) is 0 Å². The van der Waals surface area contributed by atoms with Crippen LogP contribution in [0.15, 0.2) is 15.9 Å². The van der Waals surface area contributed by atoms with Crippen molar-refractivity contribution in [1.29, 1.82) is 0 Å². The normalized spacial score (nSPS) is 28.4. The van der Waals surface area contributed by atoms with E-state index in [1.54, 1.807) is 0 Å². The number of carbonyl (C=O) groups is 1. The number of carbonyl (C=O) groups excluding carboxylic acids is 1. The molecule has 0 spiro atoms. The highest BCUT2D eigenvalue weighted by atomic mass is 79.9. The Bertz CT molecular complexity index is 405. The van der Waals surface area contributed by atoms with Crippen molar-refractivity contribution in [3.05, 3.63) is 20.8 Å². The van der Waals surface area contributed by atoms with Gasteiger partial charge in [-0.1, -0.05) is 6.42 Å². The Morgan fingerprint density at radius 3 is 2.56 bits per heavy atom. The van der Waals surface area contributed by atoms with Crippen LogP contribution in [0.4, 0.5) is 0 Å². The number of likely N-dealkylation sites (tertiary alicyclic amines) is 1. The first-order valence-corrected chi connectivity index (χ1v) is 7.39. The summed E-state index contributed by atoms with van der Waals surface area (Å²) in [4.78, 5) is 15.1. The molecule has 0 aromatic carbocycles. The molecule has 0 bridgehead atoms. The largest absolute Gasteiger partial charge is 0.337 e. The lowest BCUT2D eigenvalue weighted by molar-refractivity contribution is 0.0785. The molecule has 2 aliphatic rings. The molecule has 4 heteroatoms. The van der Waals surface area contributed by atoms with E-state index in [1.165, 1.54) is 30.6 Å². The van der Waals surface area contributed by atoms with Gasteiger partial charge in [-0.05, 0) is 52.7 Å². The molecule has 2 atom stereocenters. The average Bonchev–Trinajstić information content (AvgIpc) is 2.89. The van der Waals surface area contributed by atoms with Crippen molar-refractivity contribution in [1.82, 2.24) is 4.90 Å². The predicted molar refractivity (Wildman–Crippen MR) is 68.8 cm³/mol. The maximum absolute atomic E-state index is 12.2. The molecule has 1 aliphatic heterocycles. The minimum absolute atomic E-state index is 0.227. The summed E-state index contributed by atoms with van der Waals surface area (Å²) < 4.78 is 1.04. The van der Waals surface area contributed by atoms with E-state index in [2.05, 4.69) is 15.9 Å². The summed E-state index contributed by atoms with van der Waals surface area (Å²) in [6, 6.07) is 3.87. The van der Waals surface area contributed by atoms with Gasteiger partial charge in [0.15, 0.2) is 0 Å². The highest BCUT2D eigenvalue weighted by Gasteiger charge is 2.38. The molecule has 1 aromatic heterocycles. The van der Waals surface area contributed by atoms with Crippen LogP contribution in [-0.4, -0.2) is 23.9 Å². The fourth-order valence-corrected chi connectivity index (χ4v) is 4.34. The fraction of sp³-hybridized carbons (Fsp3) is 0.583. The van der Waals surface area contributed by atoms with Gasteiger partial charge in [0.05, 0.1) is 8.66 Å². The van der Waals surface area contributed by atoms with E-state index in [-0.39, 0.29) is 5.91 Å². The molecule has 0 radical (unpaired) electrons. The molecule has 2 fully saturated rings. The van der Waals surface area contributed by atoms with Crippen molar-refractivity contribution < 1.29 is 4.79 Å². The molecule has 1 saturated heterocycles. The molecular weight excluding hydrogens is 286 g/mol. The Hall–Kier alpha value is -0.350. The van der Waals surface area contributed by atoms with Crippen LogP contribution in [0.3, 0.4) is 0 Å². The number of hydrogen-bond acceptors (Lipinski definition) is 2. The summed E-state index contributed by atoms with van der Waals surface area (Å²) in [5, 5.41) is 0. The quantitative estimate of drug-likeness (QED) is 0.778.